The number of nitrogens with one attached hydrogen (secondary N) is 1. The first-order valence-corrected chi connectivity index (χ1v) is 7.51. The Labute approximate surface area is 146 Å². The Morgan fingerprint density at radius 3 is 2.69 bits per heavy atom. The molecule has 1 amide bonds. The summed E-state index contributed by atoms with van der Waals surface area (Å²) in [4.78, 5) is 23.1. The first kappa shape index (κ1) is 17.1. The molecule has 0 aliphatic heterocycles. The minimum Gasteiger partial charge on any atom is -0.322 e. The van der Waals surface area contributed by atoms with Gasteiger partial charge in [-0.2, -0.15) is 4.80 Å². The Morgan fingerprint density at radius 1 is 1.27 bits per heavy atom. The van der Waals surface area contributed by atoms with E-state index in [1.165, 1.54) is 0 Å². The zero-order chi connectivity index (χ0) is 18.7. The van der Waals surface area contributed by atoms with Gasteiger partial charge >= 0.3 is 0 Å². The predicted molar refractivity (Wildman–Crippen MR) is 89.7 cm³/mol. The lowest BCUT2D eigenvalue weighted by Gasteiger charge is -2.05. The molecule has 9 nitrogen and oxygen atoms in total. The fourth-order valence-corrected chi connectivity index (χ4v) is 2.17. The van der Waals surface area contributed by atoms with Gasteiger partial charge < -0.3 is 5.32 Å². The van der Waals surface area contributed by atoms with Crippen molar-refractivity contribution in [3.8, 4) is 11.4 Å². The number of nitro benzene ring substituents is 1. The van der Waals surface area contributed by atoms with Gasteiger partial charge in [-0.25, -0.2) is 4.39 Å². The molecule has 0 bridgehead atoms. The van der Waals surface area contributed by atoms with E-state index in [1.54, 1.807) is 0 Å². The van der Waals surface area contributed by atoms with Crippen molar-refractivity contribution in [2.75, 3.05) is 5.32 Å². The summed E-state index contributed by atoms with van der Waals surface area (Å²) in [5.74, 6) is -1.08. The number of carbonyl (C=O) groups excluding carboxylic acids is 1. The average Bonchev–Trinajstić information content (AvgIpc) is 3.05. The molecule has 10 heteroatoms. The number of nitro groups is 1. The van der Waals surface area contributed by atoms with E-state index < -0.39 is 16.6 Å². The van der Waals surface area contributed by atoms with Crippen LogP contribution in [0.1, 0.15) is 5.56 Å². The Morgan fingerprint density at radius 2 is 2.00 bits per heavy atom. The largest absolute Gasteiger partial charge is 0.322 e. The van der Waals surface area contributed by atoms with Gasteiger partial charge in [0, 0.05) is 17.7 Å². The maximum atomic E-state index is 13.7. The van der Waals surface area contributed by atoms with Gasteiger partial charge in [-0.1, -0.05) is 29.8 Å². The van der Waals surface area contributed by atoms with Gasteiger partial charge in [-0.15, -0.1) is 10.2 Å². The van der Waals surface area contributed by atoms with Crippen molar-refractivity contribution in [1.82, 2.24) is 20.2 Å². The number of anilines is 1. The quantitative estimate of drug-likeness (QED) is 0.554. The van der Waals surface area contributed by atoms with Crippen molar-refractivity contribution in [2.45, 2.75) is 13.5 Å². The fourth-order valence-electron chi connectivity index (χ4n) is 2.17. The van der Waals surface area contributed by atoms with Gasteiger partial charge in [-0.3, -0.25) is 14.9 Å². The van der Waals surface area contributed by atoms with E-state index in [0.29, 0.717) is 5.82 Å². The van der Waals surface area contributed by atoms with Crippen LogP contribution in [0.15, 0.2) is 42.5 Å². The summed E-state index contributed by atoms with van der Waals surface area (Å²) < 4.78 is 13.7. The molecule has 3 aromatic rings. The number of hydrogen-bond acceptors (Lipinski definition) is 6. The normalized spacial score (nSPS) is 10.5. The maximum Gasteiger partial charge on any atom is 0.271 e. The van der Waals surface area contributed by atoms with E-state index in [0.717, 1.165) is 34.1 Å². The number of aromatic nitrogens is 4. The molecule has 3 rings (SSSR count). The third-order valence-corrected chi connectivity index (χ3v) is 3.48. The van der Waals surface area contributed by atoms with E-state index in [1.807, 2.05) is 31.2 Å². The molecule has 0 saturated carbocycles. The summed E-state index contributed by atoms with van der Waals surface area (Å²) in [6.07, 6.45) is 0. The van der Waals surface area contributed by atoms with Crippen molar-refractivity contribution in [2.24, 2.45) is 0 Å². The molecule has 1 heterocycles. The number of aryl methyl sites for hydroxylation is 1. The third kappa shape index (κ3) is 3.86. The number of rotatable bonds is 5. The number of non-ortho nitro benzene ring substituents is 1. The van der Waals surface area contributed by atoms with Crippen molar-refractivity contribution in [3.05, 3.63) is 64.0 Å². The van der Waals surface area contributed by atoms with Crippen LogP contribution in [0, 0.1) is 22.9 Å². The van der Waals surface area contributed by atoms with E-state index in [-0.39, 0.29) is 17.9 Å². The number of halogens is 1. The minimum absolute atomic E-state index is 0.289. The highest BCUT2D eigenvalue weighted by molar-refractivity contribution is 5.90. The second-order valence-corrected chi connectivity index (χ2v) is 5.48. The number of tetrazole rings is 1. The van der Waals surface area contributed by atoms with Crippen LogP contribution in [0.5, 0.6) is 0 Å². The van der Waals surface area contributed by atoms with Gasteiger partial charge in [0.15, 0.2) is 0 Å². The monoisotopic (exact) mass is 356 g/mol. The van der Waals surface area contributed by atoms with Gasteiger partial charge in [0.1, 0.15) is 12.4 Å². The number of amides is 1. The lowest BCUT2D eigenvalue weighted by atomic mass is 10.1. The van der Waals surface area contributed by atoms with Crippen LogP contribution in [-0.4, -0.2) is 31.0 Å². The average molecular weight is 356 g/mol. The molecule has 0 spiro atoms. The number of benzene rings is 2. The van der Waals surface area contributed by atoms with Crippen LogP contribution in [0.25, 0.3) is 11.4 Å². The second kappa shape index (κ2) is 7.05. The van der Waals surface area contributed by atoms with Crippen molar-refractivity contribution < 1.29 is 14.1 Å². The highest BCUT2D eigenvalue weighted by atomic mass is 19.1. The Balaban J connectivity index is 1.70. The first-order valence-electron chi connectivity index (χ1n) is 7.51. The summed E-state index contributed by atoms with van der Waals surface area (Å²) in [5, 5.41) is 24.7. The number of nitrogens with zero attached hydrogens (tertiary/aromatic N) is 5. The van der Waals surface area contributed by atoms with Crippen LogP contribution in [0.4, 0.5) is 15.8 Å². The van der Waals surface area contributed by atoms with Crippen LogP contribution in [0.3, 0.4) is 0 Å². The van der Waals surface area contributed by atoms with Gasteiger partial charge in [-0.05, 0) is 18.2 Å². The van der Waals surface area contributed by atoms with E-state index >= 15 is 0 Å². The highest BCUT2D eigenvalue weighted by Crippen LogP contribution is 2.21. The molecule has 2 aromatic carbocycles. The molecule has 0 aliphatic carbocycles. The maximum absolute atomic E-state index is 13.7. The molecule has 0 aliphatic rings. The Bertz CT molecular complexity index is 970. The molecule has 0 atom stereocenters. The van der Waals surface area contributed by atoms with E-state index in [9.17, 15) is 19.3 Å². The van der Waals surface area contributed by atoms with Gasteiger partial charge in [0.2, 0.25) is 11.7 Å². The minimum atomic E-state index is -0.782. The third-order valence-electron chi connectivity index (χ3n) is 3.48. The molecule has 0 fully saturated rings. The SMILES string of the molecule is Cc1ccc(-c2nnn(CC(=O)Nc3cc([N+](=O)[O-])ccc3F)n2)cc1. The summed E-state index contributed by atoms with van der Waals surface area (Å²) in [7, 11) is 0. The number of carbonyl (C=O) groups is 1. The fraction of sp³-hybridized carbons (Fsp3) is 0.125. The molecule has 0 radical (unpaired) electrons. The standard InChI is InChI=1S/C16H13FN6O3/c1-10-2-4-11(5-3-10)16-19-21-22(20-16)9-15(24)18-14-8-12(23(25)26)6-7-13(14)17/h2-8H,9H2,1H3,(H,18,24). The Hall–Kier alpha value is -3.69. The molecular weight excluding hydrogens is 343 g/mol. The summed E-state index contributed by atoms with van der Waals surface area (Å²) in [6, 6.07) is 10.3. The van der Waals surface area contributed by atoms with Crippen LogP contribution < -0.4 is 5.32 Å². The molecular formula is C16H13FN6O3. The number of hydrogen-bond donors (Lipinski definition) is 1. The van der Waals surface area contributed by atoms with Gasteiger partial charge in [0.25, 0.3) is 5.69 Å². The smallest absolute Gasteiger partial charge is 0.271 e. The van der Waals surface area contributed by atoms with E-state index in [4.69, 9.17) is 0 Å². The summed E-state index contributed by atoms with van der Waals surface area (Å²) >= 11 is 0. The van der Waals surface area contributed by atoms with Crippen molar-refractivity contribution in [1.29, 1.82) is 0 Å². The van der Waals surface area contributed by atoms with Crippen molar-refractivity contribution >= 4 is 17.3 Å². The van der Waals surface area contributed by atoms with Crippen LogP contribution >= 0.6 is 0 Å². The molecule has 132 valence electrons. The molecule has 26 heavy (non-hydrogen) atoms. The predicted octanol–water partition coefficient (Wildman–Crippen LogP) is 2.33. The highest BCUT2D eigenvalue weighted by Gasteiger charge is 2.14. The zero-order valence-corrected chi connectivity index (χ0v) is 13.6. The summed E-state index contributed by atoms with van der Waals surface area (Å²) in [5.41, 5.74) is 1.21. The molecule has 1 N–H and O–H groups in total. The topological polar surface area (TPSA) is 116 Å². The molecule has 0 unspecified atom stereocenters. The van der Waals surface area contributed by atoms with Crippen LogP contribution in [-0.2, 0) is 11.3 Å². The lowest BCUT2D eigenvalue weighted by Crippen LogP contribution is -2.21. The van der Waals surface area contributed by atoms with Gasteiger partial charge in [0.05, 0.1) is 10.6 Å². The van der Waals surface area contributed by atoms with E-state index in [2.05, 4.69) is 20.7 Å². The Kier molecular flexibility index (Phi) is 4.65. The zero-order valence-electron chi connectivity index (χ0n) is 13.6. The van der Waals surface area contributed by atoms with Crippen LogP contribution in [0.2, 0.25) is 0 Å². The molecule has 0 saturated heterocycles. The molecule has 1 aromatic heterocycles. The summed E-state index contributed by atoms with van der Waals surface area (Å²) in [6.45, 7) is 1.63. The first-order chi connectivity index (χ1) is 12.4. The van der Waals surface area contributed by atoms with Crippen molar-refractivity contribution in [3.63, 3.8) is 0 Å². The lowest BCUT2D eigenvalue weighted by molar-refractivity contribution is -0.384. The second-order valence-electron chi connectivity index (χ2n) is 5.48.